The maximum Gasteiger partial charge on any atom is 0.236 e. The number of rotatable bonds is 4. The molecule has 2 heterocycles. The van der Waals surface area contributed by atoms with Gasteiger partial charge in [0, 0.05) is 31.1 Å². The molecule has 4 rings (SSSR count). The highest BCUT2D eigenvalue weighted by Crippen LogP contribution is 2.28. The van der Waals surface area contributed by atoms with E-state index in [0.29, 0.717) is 12.6 Å². The maximum absolute atomic E-state index is 12.5. The summed E-state index contributed by atoms with van der Waals surface area (Å²) in [5.41, 5.74) is 0. The third kappa shape index (κ3) is 3.49. The largest absolute Gasteiger partial charge is 0.488 e. The molecule has 4 heteroatoms. The molecule has 2 atom stereocenters. The Morgan fingerprint density at radius 3 is 2.80 bits per heavy atom. The molecular weight excluding hydrogens is 312 g/mol. The van der Waals surface area contributed by atoms with Gasteiger partial charge in [-0.3, -0.25) is 9.69 Å². The molecule has 1 amide bonds. The van der Waals surface area contributed by atoms with Crippen molar-refractivity contribution in [2.24, 2.45) is 0 Å². The lowest BCUT2D eigenvalue weighted by atomic mass is 10.1. The summed E-state index contributed by atoms with van der Waals surface area (Å²) in [5, 5.41) is 2.36. The van der Waals surface area contributed by atoms with E-state index in [1.165, 1.54) is 5.39 Å². The van der Waals surface area contributed by atoms with Crippen LogP contribution in [0.2, 0.25) is 0 Å². The number of carbonyl (C=O) groups excluding carboxylic acids is 1. The highest BCUT2D eigenvalue weighted by atomic mass is 16.5. The van der Waals surface area contributed by atoms with Gasteiger partial charge >= 0.3 is 0 Å². The topological polar surface area (TPSA) is 32.8 Å². The number of carbonyl (C=O) groups is 1. The molecule has 2 aromatic rings. The number of ether oxygens (including phenoxy) is 1. The van der Waals surface area contributed by atoms with Gasteiger partial charge in [-0.05, 0) is 37.6 Å². The van der Waals surface area contributed by atoms with Crippen molar-refractivity contribution in [3.05, 3.63) is 42.5 Å². The van der Waals surface area contributed by atoms with E-state index >= 15 is 0 Å². The van der Waals surface area contributed by atoms with Gasteiger partial charge in [-0.25, -0.2) is 0 Å². The molecule has 0 unspecified atom stereocenters. The van der Waals surface area contributed by atoms with Gasteiger partial charge in [0.2, 0.25) is 5.91 Å². The average molecular weight is 338 g/mol. The Morgan fingerprint density at radius 1 is 1.12 bits per heavy atom. The zero-order valence-corrected chi connectivity index (χ0v) is 14.9. The molecule has 0 aromatic heterocycles. The minimum atomic E-state index is 0.162. The molecule has 0 bridgehead atoms. The van der Waals surface area contributed by atoms with Crippen LogP contribution < -0.4 is 4.74 Å². The highest BCUT2D eigenvalue weighted by Gasteiger charge is 2.30. The first-order valence-electron chi connectivity index (χ1n) is 9.37. The summed E-state index contributed by atoms with van der Waals surface area (Å²) in [6.45, 7) is 5.37. The monoisotopic (exact) mass is 338 g/mol. The molecule has 2 saturated heterocycles. The molecule has 2 fully saturated rings. The lowest BCUT2D eigenvalue weighted by Gasteiger charge is -2.24. The molecule has 0 aliphatic carbocycles. The first kappa shape index (κ1) is 16.4. The van der Waals surface area contributed by atoms with Crippen molar-refractivity contribution in [1.29, 1.82) is 0 Å². The highest BCUT2D eigenvalue weighted by molar-refractivity contribution is 5.88. The van der Waals surface area contributed by atoms with E-state index in [0.717, 1.165) is 50.0 Å². The van der Waals surface area contributed by atoms with Crippen LogP contribution in [0.3, 0.4) is 0 Å². The molecule has 0 N–H and O–H groups in total. The minimum absolute atomic E-state index is 0.162. The summed E-state index contributed by atoms with van der Waals surface area (Å²) in [6, 6.07) is 14.9. The molecule has 132 valence electrons. The van der Waals surface area contributed by atoms with E-state index in [4.69, 9.17) is 4.74 Å². The Morgan fingerprint density at radius 2 is 1.96 bits per heavy atom. The summed E-state index contributed by atoms with van der Waals surface area (Å²) in [5.74, 6) is 1.22. The molecule has 2 aromatic carbocycles. The van der Waals surface area contributed by atoms with Gasteiger partial charge in [0.1, 0.15) is 11.9 Å². The summed E-state index contributed by atoms with van der Waals surface area (Å²) >= 11 is 0. The fraction of sp³-hybridized carbons (Fsp3) is 0.476. The van der Waals surface area contributed by atoms with Gasteiger partial charge in [0.25, 0.3) is 0 Å². The van der Waals surface area contributed by atoms with Gasteiger partial charge < -0.3 is 9.64 Å². The van der Waals surface area contributed by atoms with Crippen LogP contribution in [0.15, 0.2) is 42.5 Å². The van der Waals surface area contributed by atoms with Crippen LogP contribution in [0.5, 0.6) is 5.75 Å². The van der Waals surface area contributed by atoms with E-state index < -0.39 is 0 Å². The third-order valence-corrected chi connectivity index (χ3v) is 5.50. The molecule has 2 aliphatic heterocycles. The van der Waals surface area contributed by atoms with Gasteiger partial charge in [0.05, 0.1) is 6.54 Å². The predicted molar refractivity (Wildman–Crippen MR) is 99.8 cm³/mol. The summed E-state index contributed by atoms with van der Waals surface area (Å²) in [4.78, 5) is 16.8. The number of hydrogen-bond acceptors (Lipinski definition) is 3. The Bertz CT molecular complexity index is 755. The standard InChI is InChI=1S/C21H26N2O2/c1-16-6-5-12-23(16)21(24)15-22-13-11-18(14-22)25-20-10-4-8-17-7-2-3-9-19(17)20/h2-4,7-10,16,18H,5-6,11-15H2,1H3/t16-,18+/m1/s1. The van der Waals surface area contributed by atoms with Crippen molar-refractivity contribution in [2.75, 3.05) is 26.2 Å². The second-order valence-electron chi connectivity index (χ2n) is 7.32. The SMILES string of the molecule is C[C@@H]1CCCN1C(=O)CN1CC[C@H](Oc2cccc3ccccc23)C1. The van der Waals surface area contributed by atoms with Crippen molar-refractivity contribution in [3.8, 4) is 5.75 Å². The Balaban J connectivity index is 1.37. The van der Waals surface area contributed by atoms with E-state index in [-0.39, 0.29) is 12.0 Å². The minimum Gasteiger partial charge on any atom is -0.488 e. The summed E-state index contributed by atoms with van der Waals surface area (Å²) < 4.78 is 6.28. The van der Waals surface area contributed by atoms with Crippen molar-refractivity contribution in [1.82, 2.24) is 9.80 Å². The Kier molecular flexibility index (Phi) is 4.62. The third-order valence-electron chi connectivity index (χ3n) is 5.50. The fourth-order valence-corrected chi connectivity index (χ4v) is 4.10. The zero-order valence-electron chi connectivity index (χ0n) is 14.9. The van der Waals surface area contributed by atoms with Gasteiger partial charge in [-0.15, -0.1) is 0 Å². The van der Waals surface area contributed by atoms with Gasteiger partial charge in [-0.1, -0.05) is 36.4 Å². The molecule has 4 nitrogen and oxygen atoms in total. The van der Waals surface area contributed by atoms with Crippen LogP contribution in [-0.2, 0) is 4.79 Å². The molecule has 0 radical (unpaired) electrons. The molecule has 2 aliphatic rings. The van der Waals surface area contributed by atoms with Crippen LogP contribution in [0.1, 0.15) is 26.2 Å². The Hall–Kier alpha value is -2.07. The van der Waals surface area contributed by atoms with Crippen molar-refractivity contribution in [3.63, 3.8) is 0 Å². The Labute approximate surface area is 149 Å². The van der Waals surface area contributed by atoms with Crippen LogP contribution >= 0.6 is 0 Å². The van der Waals surface area contributed by atoms with Crippen LogP contribution in [0, 0.1) is 0 Å². The molecular formula is C21H26N2O2. The van der Waals surface area contributed by atoms with Crippen LogP contribution in [-0.4, -0.2) is 54.0 Å². The quantitative estimate of drug-likeness (QED) is 0.857. The number of amides is 1. The number of nitrogens with zero attached hydrogens (tertiary/aromatic N) is 2. The van der Waals surface area contributed by atoms with E-state index in [2.05, 4.69) is 30.0 Å². The summed E-state index contributed by atoms with van der Waals surface area (Å²) in [7, 11) is 0. The van der Waals surface area contributed by atoms with Crippen LogP contribution in [0.4, 0.5) is 0 Å². The first-order chi connectivity index (χ1) is 12.2. The summed E-state index contributed by atoms with van der Waals surface area (Å²) in [6.07, 6.45) is 3.42. The van der Waals surface area contributed by atoms with Gasteiger partial charge in [0.15, 0.2) is 0 Å². The fourth-order valence-electron chi connectivity index (χ4n) is 4.10. The molecule has 0 spiro atoms. The van der Waals surface area contributed by atoms with E-state index in [9.17, 15) is 4.79 Å². The van der Waals surface area contributed by atoms with E-state index in [1.54, 1.807) is 0 Å². The number of benzene rings is 2. The van der Waals surface area contributed by atoms with Crippen molar-refractivity contribution in [2.45, 2.75) is 38.3 Å². The number of likely N-dealkylation sites (tertiary alicyclic amines) is 2. The van der Waals surface area contributed by atoms with Crippen LogP contribution in [0.25, 0.3) is 10.8 Å². The zero-order chi connectivity index (χ0) is 17.2. The lowest BCUT2D eigenvalue weighted by molar-refractivity contribution is -0.132. The second kappa shape index (κ2) is 7.04. The normalized spacial score (nSPS) is 24.1. The number of fused-ring (bicyclic) bond motifs is 1. The number of hydrogen-bond donors (Lipinski definition) is 0. The lowest BCUT2D eigenvalue weighted by Crippen LogP contribution is -2.41. The van der Waals surface area contributed by atoms with Crippen molar-refractivity contribution >= 4 is 16.7 Å². The maximum atomic E-state index is 12.5. The second-order valence-corrected chi connectivity index (χ2v) is 7.32. The predicted octanol–water partition coefficient (Wildman–Crippen LogP) is 3.30. The smallest absolute Gasteiger partial charge is 0.236 e. The van der Waals surface area contributed by atoms with E-state index in [1.807, 2.05) is 29.2 Å². The van der Waals surface area contributed by atoms with Gasteiger partial charge in [-0.2, -0.15) is 0 Å². The molecule has 25 heavy (non-hydrogen) atoms. The first-order valence-corrected chi connectivity index (χ1v) is 9.37. The molecule has 0 saturated carbocycles. The average Bonchev–Trinajstić information content (AvgIpc) is 3.24. The van der Waals surface area contributed by atoms with Crippen molar-refractivity contribution < 1.29 is 9.53 Å².